The van der Waals surface area contributed by atoms with Crippen LogP contribution in [0.15, 0.2) is 24.3 Å². The van der Waals surface area contributed by atoms with Crippen molar-refractivity contribution in [2.24, 2.45) is 11.7 Å². The van der Waals surface area contributed by atoms with Gasteiger partial charge in [-0.1, -0.05) is 12.1 Å². The summed E-state index contributed by atoms with van der Waals surface area (Å²) in [6, 6.07) is 6.87. The van der Waals surface area contributed by atoms with Crippen molar-refractivity contribution in [1.82, 2.24) is 4.90 Å². The summed E-state index contributed by atoms with van der Waals surface area (Å²) in [5.74, 6) is 0.656. The second-order valence-corrected chi connectivity index (χ2v) is 4.69. The Morgan fingerprint density at radius 3 is 2.50 bits per heavy atom. The van der Waals surface area contributed by atoms with Crippen LogP contribution in [-0.4, -0.2) is 25.0 Å². The fourth-order valence-electron chi connectivity index (χ4n) is 2.09. The van der Waals surface area contributed by atoms with Crippen molar-refractivity contribution in [3.8, 4) is 0 Å². The molecule has 0 aromatic heterocycles. The number of hydrogen-bond acceptors (Lipinski definition) is 2. The van der Waals surface area contributed by atoms with Crippen LogP contribution in [0.2, 0.25) is 0 Å². The summed E-state index contributed by atoms with van der Waals surface area (Å²) in [6.45, 7) is 1.67. The van der Waals surface area contributed by atoms with Crippen molar-refractivity contribution in [2.45, 2.75) is 18.9 Å². The van der Waals surface area contributed by atoms with Crippen LogP contribution in [-0.2, 0) is 0 Å². The van der Waals surface area contributed by atoms with Gasteiger partial charge in [-0.15, -0.1) is 0 Å². The predicted molar refractivity (Wildman–Crippen MR) is 63.5 cm³/mol. The minimum Gasteiger partial charge on any atom is -0.329 e. The van der Waals surface area contributed by atoms with E-state index < -0.39 is 0 Å². The molecule has 2 N–H and O–H groups in total. The third-order valence-corrected chi connectivity index (χ3v) is 3.25. The van der Waals surface area contributed by atoms with Crippen LogP contribution in [0.5, 0.6) is 0 Å². The van der Waals surface area contributed by atoms with Crippen molar-refractivity contribution in [3.63, 3.8) is 0 Å². The summed E-state index contributed by atoms with van der Waals surface area (Å²) in [5.41, 5.74) is 6.91. The average Bonchev–Trinajstić information content (AvgIpc) is 3.06. The lowest BCUT2D eigenvalue weighted by molar-refractivity contribution is 0.240. The van der Waals surface area contributed by atoms with Crippen molar-refractivity contribution >= 4 is 0 Å². The molecule has 1 saturated carbocycles. The van der Waals surface area contributed by atoms with E-state index in [0.717, 1.165) is 18.0 Å². The average molecular weight is 222 g/mol. The van der Waals surface area contributed by atoms with Gasteiger partial charge in [-0.25, -0.2) is 4.39 Å². The summed E-state index contributed by atoms with van der Waals surface area (Å²) >= 11 is 0. The van der Waals surface area contributed by atoms with Crippen molar-refractivity contribution < 1.29 is 4.39 Å². The Morgan fingerprint density at radius 2 is 2.00 bits per heavy atom. The number of likely N-dealkylation sites (N-methyl/N-ethyl adjacent to an activating group) is 1. The van der Waals surface area contributed by atoms with E-state index in [1.807, 2.05) is 12.1 Å². The first-order chi connectivity index (χ1) is 7.70. The standard InChI is InChI=1S/C13H19FN2/c1-16(9-10-2-3-10)13(8-15)11-4-6-12(14)7-5-11/h4-7,10,13H,2-3,8-9,15H2,1H3. The maximum Gasteiger partial charge on any atom is 0.123 e. The molecule has 3 heteroatoms. The summed E-state index contributed by atoms with van der Waals surface area (Å²) in [6.07, 6.45) is 2.68. The second-order valence-electron chi connectivity index (χ2n) is 4.69. The first-order valence-corrected chi connectivity index (χ1v) is 5.86. The first-order valence-electron chi connectivity index (χ1n) is 5.86. The zero-order chi connectivity index (χ0) is 11.5. The van der Waals surface area contributed by atoms with Gasteiger partial charge in [0.2, 0.25) is 0 Å². The Morgan fingerprint density at radius 1 is 1.38 bits per heavy atom. The maximum absolute atomic E-state index is 12.8. The molecule has 1 aromatic carbocycles. The number of hydrogen-bond donors (Lipinski definition) is 1. The van der Waals surface area contributed by atoms with Gasteiger partial charge in [-0.05, 0) is 43.5 Å². The maximum atomic E-state index is 12.8. The molecule has 0 saturated heterocycles. The summed E-state index contributed by atoms with van der Waals surface area (Å²) in [7, 11) is 2.10. The van der Waals surface area contributed by atoms with Crippen molar-refractivity contribution in [2.75, 3.05) is 20.1 Å². The van der Waals surface area contributed by atoms with Gasteiger partial charge < -0.3 is 5.73 Å². The Hall–Kier alpha value is -0.930. The molecule has 2 rings (SSSR count). The number of halogens is 1. The van der Waals surface area contributed by atoms with Crippen LogP contribution in [0.3, 0.4) is 0 Å². The summed E-state index contributed by atoms with van der Waals surface area (Å²) in [5, 5.41) is 0. The highest BCUT2D eigenvalue weighted by molar-refractivity contribution is 5.20. The molecule has 0 spiro atoms. The fraction of sp³-hybridized carbons (Fsp3) is 0.538. The monoisotopic (exact) mass is 222 g/mol. The van der Waals surface area contributed by atoms with Crippen LogP contribution in [0.25, 0.3) is 0 Å². The molecule has 1 unspecified atom stereocenters. The predicted octanol–water partition coefficient (Wildman–Crippen LogP) is 2.17. The Kier molecular flexibility index (Phi) is 3.56. The van der Waals surface area contributed by atoms with Gasteiger partial charge in [0.1, 0.15) is 5.82 Å². The molecule has 16 heavy (non-hydrogen) atoms. The zero-order valence-corrected chi connectivity index (χ0v) is 9.70. The summed E-state index contributed by atoms with van der Waals surface area (Å²) < 4.78 is 12.8. The van der Waals surface area contributed by atoms with E-state index >= 15 is 0 Å². The highest BCUT2D eigenvalue weighted by atomic mass is 19.1. The zero-order valence-electron chi connectivity index (χ0n) is 9.70. The third kappa shape index (κ3) is 2.80. The van der Waals surface area contributed by atoms with E-state index in [0.29, 0.717) is 6.54 Å². The molecule has 1 aliphatic rings. The minimum atomic E-state index is -0.190. The molecule has 0 heterocycles. The van der Waals surface area contributed by atoms with E-state index in [9.17, 15) is 4.39 Å². The van der Waals surface area contributed by atoms with Crippen LogP contribution in [0.4, 0.5) is 4.39 Å². The molecule has 0 radical (unpaired) electrons. The van der Waals surface area contributed by atoms with E-state index in [1.54, 1.807) is 0 Å². The van der Waals surface area contributed by atoms with Gasteiger partial charge in [0.05, 0.1) is 0 Å². The molecule has 1 atom stereocenters. The molecular formula is C13H19FN2. The van der Waals surface area contributed by atoms with Gasteiger partial charge in [0.15, 0.2) is 0 Å². The molecule has 1 fully saturated rings. The highest BCUT2D eigenvalue weighted by Crippen LogP contribution is 2.31. The van der Waals surface area contributed by atoms with Gasteiger partial charge >= 0.3 is 0 Å². The molecule has 88 valence electrons. The lowest BCUT2D eigenvalue weighted by atomic mass is 10.1. The number of nitrogens with zero attached hydrogens (tertiary/aromatic N) is 1. The molecule has 1 aromatic rings. The molecule has 1 aliphatic carbocycles. The quantitative estimate of drug-likeness (QED) is 0.827. The van der Waals surface area contributed by atoms with E-state index in [-0.39, 0.29) is 11.9 Å². The first kappa shape index (κ1) is 11.6. The van der Waals surface area contributed by atoms with E-state index in [2.05, 4.69) is 11.9 Å². The number of nitrogens with two attached hydrogens (primary N) is 1. The van der Waals surface area contributed by atoms with Crippen LogP contribution >= 0.6 is 0 Å². The topological polar surface area (TPSA) is 29.3 Å². The SMILES string of the molecule is CN(CC1CC1)C(CN)c1ccc(F)cc1. The molecule has 0 amide bonds. The Bertz CT molecular complexity index is 332. The van der Waals surface area contributed by atoms with Gasteiger partial charge in [0, 0.05) is 19.1 Å². The highest BCUT2D eigenvalue weighted by Gasteiger charge is 2.26. The normalized spacial score (nSPS) is 17.8. The van der Waals surface area contributed by atoms with Crippen LogP contribution in [0.1, 0.15) is 24.4 Å². The number of rotatable bonds is 5. The molecular weight excluding hydrogens is 203 g/mol. The van der Waals surface area contributed by atoms with Gasteiger partial charge in [-0.2, -0.15) is 0 Å². The van der Waals surface area contributed by atoms with Gasteiger partial charge in [0.25, 0.3) is 0 Å². The lowest BCUT2D eigenvalue weighted by Gasteiger charge is -2.27. The second kappa shape index (κ2) is 4.93. The molecule has 0 aliphatic heterocycles. The smallest absolute Gasteiger partial charge is 0.123 e. The third-order valence-electron chi connectivity index (χ3n) is 3.25. The minimum absolute atomic E-state index is 0.190. The molecule has 2 nitrogen and oxygen atoms in total. The van der Waals surface area contributed by atoms with Crippen LogP contribution in [0, 0.1) is 11.7 Å². The van der Waals surface area contributed by atoms with Gasteiger partial charge in [-0.3, -0.25) is 4.90 Å². The largest absolute Gasteiger partial charge is 0.329 e. The van der Waals surface area contributed by atoms with Crippen LogP contribution < -0.4 is 5.73 Å². The fourth-order valence-corrected chi connectivity index (χ4v) is 2.09. The van der Waals surface area contributed by atoms with E-state index in [1.165, 1.54) is 25.0 Å². The Balaban J connectivity index is 2.04. The molecule has 0 bridgehead atoms. The Labute approximate surface area is 96.2 Å². The van der Waals surface area contributed by atoms with Crippen molar-refractivity contribution in [1.29, 1.82) is 0 Å². The summed E-state index contributed by atoms with van der Waals surface area (Å²) in [4.78, 5) is 2.28. The number of benzene rings is 1. The lowest BCUT2D eigenvalue weighted by Crippen LogP contribution is -2.32. The van der Waals surface area contributed by atoms with E-state index in [4.69, 9.17) is 5.73 Å². The van der Waals surface area contributed by atoms with Crippen molar-refractivity contribution in [3.05, 3.63) is 35.6 Å².